The molecule has 10 atom stereocenters. The molecule has 0 amide bonds. The largest absolute Gasteiger partial charge is 1.00 e. The van der Waals surface area contributed by atoms with Crippen LogP contribution in [-0.4, -0.2) is 120 Å². The van der Waals surface area contributed by atoms with Crippen molar-refractivity contribution in [3.8, 4) is 11.5 Å². The van der Waals surface area contributed by atoms with E-state index in [9.17, 15) is 48.4 Å². The van der Waals surface area contributed by atoms with Crippen molar-refractivity contribution in [1.82, 2.24) is 0 Å². The second-order valence-electron chi connectivity index (χ2n) is 7.80. The van der Waals surface area contributed by atoms with Crippen LogP contribution in [0.25, 0.3) is 0 Å². The van der Waals surface area contributed by atoms with Gasteiger partial charge in [-0.15, -0.1) is 0 Å². The first-order valence-electron chi connectivity index (χ1n) is 10.3. The second kappa shape index (κ2) is 15.2. The minimum atomic E-state index is -5.55. The van der Waals surface area contributed by atoms with Gasteiger partial charge in [0, 0.05) is 0 Å². The molecule has 1 aromatic carbocycles. The summed E-state index contributed by atoms with van der Waals surface area (Å²) in [5, 5.41) is 62.6. The summed E-state index contributed by atoms with van der Waals surface area (Å²) in [5.41, 5.74) is 0. The quantitative estimate of drug-likeness (QED) is 0.102. The van der Waals surface area contributed by atoms with Crippen LogP contribution in [0.4, 0.5) is 0 Å². The van der Waals surface area contributed by atoms with Crippen molar-refractivity contribution in [1.29, 1.82) is 0 Å². The summed E-state index contributed by atoms with van der Waals surface area (Å²) in [6.07, 6.45) is -20.1. The number of methoxy groups -OCH3 is 1. The molecular weight excluding hydrogens is 562 g/mol. The van der Waals surface area contributed by atoms with E-state index in [0.717, 1.165) is 0 Å². The summed E-state index contributed by atoms with van der Waals surface area (Å²) in [7, 11) is -4.12. The van der Waals surface area contributed by atoms with Crippen LogP contribution in [-0.2, 0) is 33.6 Å². The van der Waals surface area contributed by atoms with Crippen molar-refractivity contribution in [3.63, 3.8) is 0 Å². The predicted octanol–water partition coefficient (Wildman–Crippen LogP) is -11.1. The van der Waals surface area contributed by atoms with E-state index in [-0.39, 0.29) is 64.9 Å². The average Bonchev–Trinajstić information content (AvgIpc) is 2.82. The molecule has 2 fully saturated rings. The van der Waals surface area contributed by atoms with Gasteiger partial charge >= 0.3 is 59.1 Å². The smallest absolute Gasteiger partial charge is 0.726 e. The van der Waals surface area contributed by atoms with Crippen molar-refractivity contribution in [2.45, 2.75) is 61.4 Å². The van der Waals surface area contributed by atoms with Crippen LogP contribution in [0.15, 0.2) is 24.3 Å². The molecule has 2 aliphatic rings. The molecule has 5 N–H and O–H groups in total. The summed E-state index contributed by atoms with van der Waals surface area (Å²) in [5.74, 6) is -1.43. The number of hydrogen-bond acceptors (Lipinski definition) is 16. The van der Waals surface area contributed by atoms with Crippen LogP contribution in [0.3, 0.4) is 0 Å². The molecule has 1 aromatic rings. The van der Waals surface area contributed by atoms with Gasteiger partial charge in [-0.25, -0.2) is 8.42 Å². The molecule has 0 aromatic heterocycles. The van der Waals surface area contributed by atoms with E-state index in [1.807, 2.05) is 0 Å². The van der Waals surface area contributed by atoms with Gasteiger partial charge in [0.1, 0.15) is 60.3 Å². The van der Waals surface area contributed by atoms with E-state index in [1.165, 1.54) is 31.4 Å². The first-order valence-corrected chi connectivity index (χ1v) is 11.6. The van der Waals surface area contributed by atoms with Crippen LogP contribution in [0.2, 0.25) is 0 Å². The third-order valence-electron chi connectivity index (χ3n) is 5.43. The third-order valence-corrected chi connectivity index (χ3v) is 5.89. The Morgan fingerprint density at radius 2 is 1.47 bits per heavy atom. The van der Waals surface area contributed by atoms with Crippen molar-refractivity contribution >= 4 is 16.4 Å². The Balaban J connectivity index is 0.00000361. The number of carboxylic acid groups (broad SMARTS) is 1. The van der Waals surface area contributed by atoms with Crippen molar-refractivity contribution < 1.29 is 135 Å². The predicted molar refractivity (Wildman–Crippen MR) is 107 cm³/mol. The second-order valence-corrected chi connectivity index (χ2v) is 8.80. The van der Waals surface area contributed by atoms with Gasteiger partial charge in [-0.05, 0) is 24.3 Å². The zero-order chi connectivity index (χ0) is 26.8. The fourth-order valence-corrected chi connectivity index (χ4v) is 4.15. The van der Waals surface area contributed by atoms with Crippen LogP contribution in [0.1, 0.15) is 0 Å². The van der Waals surface area contributed by atoms with E-state index in [4.69, 9.17) is 23.7 Å². The van der Waals surface area contributed by atoms with Crippen molar-refractivity contribution in [2.75, 3.05) is 13.7 Å². The number of rotatable bonds is 9. The summed E-state index contributed by atoms with van der Waals surface area (Å²) >= 11 is 0. The number of carbonyl (C=O) groups is 1. The van der Waals surface area contributed by atoms with Gasteiger partial charge in [-0.2, -0.15) is 0 Å². The van der Waals surface area contributed by atoms with E-state index in [1.54, 1.807) is 0 Å². The maximum atomic E-state index is 11.4. The van der Waals surface area contributed by atoms with Gasteiger partial charge in [0.2, 0.25) is 16.7 Å². The topological polar surface area (TPSA) is 254 Å². The molecule has 2 aliphatic heterocycles. The third kappa shape index (κ3) is 8.67. The van der Waals surface area contributed by atoms with Crippen LogP contribution >= 0.6 is 0 Å². The summed E-state index contributed by atoms with van der Waals surface area (Å²) in [4.78, 5) is 11.4. The number of hydrogen-bond donors (Lipinski definition) is 5. The first-order chi connectivity index (χ1) is 16.9. The standard InChI is InChI=1S/C19H26O16S.2Na/c1-30-7-2-4-8(5-3-7)31-18-12(23)14(10(21)9(6-20)32-18)33-19-13(24)15(35-36(27,28)29)11(22)16(34-19)17(25)26;;/h2-5,9-16,18-24H,6H2,1H3,(H,25,26)(H,27,28,29);;/q;2*+1/p-2/t9-,10+,11+,12-,13-,14+,15+,16+,18-,19-;;/m1../s1. The van der Waals surface area contributed by atoms with Crippen molar-refractivity contribution in [2.24, 2.45) is 0 Å². The molecule has 204 valence electrons. The molecule has 0 aliphatic carbocycles. The van der Waals surface area contributed by atoms with E-state index in [2.05, 4.69) is 4.18 Å². The van der Waals surface area contributed by atoms with Crippen LogP contribution in [0, 0.1) is 0 Å². The molecule has 0 bridgehead atoms. The normalized spacial score (nSPS) is 35.3. The van der Waals surface area contributed by atoms with Gasteiger partial charge in [0.15, 0.2) is 6.29 Å². The molecule has 16 nitrogen and oxygen atoms in total. The van der Waals surface area contributed by atoms with Crippen molar-refractivity contribution in [3.05, 3.63) is 24.3 Å². The Kier molecular flexibility index (Phi) is 14.3. The van der Waals surface area contributed by atoms with Gasteiger partial charge in [-0.3, -0.25) is 4.18 Å². The summed E-state index contributed by atoms with van der Waals surface area (Å²) < 4.78 is 63.3. The molecular formula is C19H24Na2O16S. The monoisotopic (exact) mass is 586 g/mol. The zero-order valence-electron chi connectivity index (χ0n) is 20.4. The molecule has 2 saturated heterocycles. The number of ether oxygens (including phenoxy) is 5. The van der Waals surface area contributed by atoms with Gasteiger partial charge < -0.3 is 63.7 Å². The Morgan fingerprint density at radius 3 is 1.97 bits per heavy atom. The summed E-state index contributed by atoms with van der Waals surface area (Å²) in [6, 6.07) is 5.96. The molecule has 0 unspecified atom stereocenters. The molecule has 0 spiro atoms. The van der Waals surface area contributed by atoms with E-state index in [0.29, 0.717) is 5.75 Å². The summed E-state index contributed by atoms with van der Waals surface area (Å²) in [6.45, 7) is -0.801. The van der Waals surface area contributed by atoms with Crippen LogP contribution < -0.4 is 73.7 Å². The molecule has 2 heterocycles. The maximum Gasteiger partial charge on any atom is 1.00 e. The van der Waals surface area contributed by atoms with Gasteiger partial charge in [0.25, 0.3) is 0 Å². The van der Waals surface area contributed by atoms with Gasteiger partial charge in [0.05, 0.1) is 19.7 Å². The minimum Gasteiger partial charge on any atom is -0.726 e. The fourth-order valence-electron chi connectivity index (χ4n) is 3.65. The molecule has 0 radical (unpaired) electrons. The Labute approximate surface area is 260 Å². The number of carbonyl (C=O) groups excluding carboxylic acids is 1. The average molecular weight is 586 g/mol. The first kappa shape index (κ1) is 35.9. The number of aliphatic carboxylic acids is 1. The van der Waals surface area contributed by atoms with E-state index < -0.39 is 84.4 Å². The number of carboxylic acids is 1. The SMILES string of the molecule is COc1ccc(O[C@@H]2O[C@H](CO)[C@H](O)[C@H](O[C@@H]3O[C@H](C(=O)[O-])[C@@H](O)[C@H](OS(=O)(=O)[O-])[C@H]3O)[C@H]2O)cc1.[Na+].[Na+]. The minimum absolute atomic E-state index is 0. The fraction of sp³-hybridized carbons (Fsp3) is 0.632. The van der Waals surface area contributed by atoms with E-state index >= 15 is 0 Å². The van der Waals surface area contributed by atoms with Crippen LogP contribution in [0.5, 0.6) is 11.5 Å². The Hall–Kier alpha value is -0.160. The Bertz CT molecular complexity index is 997. The zero-order valence-corrected chi connectivity index (χ0v) is 25.2. The molecule has 38 heavy (non-hydrogen) atoms. The molecule has 3 rings (SSSR count). The number of benzene rings is 1. The Morgan fingerprint density at radius 1 is 0.921 bits per heavy atom. The number of aliphatic hydroxyl groups excluding tert-OH is 5. The number of aliphatic hydroxyl groups is 5. The molecule has 0 saturated carbocycles. The maximum absolute atomic E-state index is 11.4. The van der Waals surface area contributed by atoms with Gasteiger partial charge in [-0.1, -0.05) is 0 Å². The molecule has 19 heteroatoms.